The molecule has 0 radical (unpaired) electrons. The Kier molecular flexibility index (Phi) is 38.1. The maximum Gasteiger partial charge on any atom is 0.388 e. The van der Waals surface area contributed by atoms with Crippen molar-refractivity contribution >= 4 is 0 Å². The predicted molar refractivity (Wildman–Crippen MR) is 43.3 cm³/mol. The van der Waals surface area contributed by atoms with Gasteiger partial charge in [-0.15, -0.1) is 0 Å². The van der Waals surface area contributed by atoms with Crippen molar-refractivity contribution in [1.29, 1.82) is 0 Å². The quantitative estimate of drug-likeness (QED) is 0.492. The van der Waals surface area contributed by atoms with Gasteiger partial charge in [-0.25, -0.2) is 0 Å². The second kappa shape index (κ2) is 11.6. The third-order valence-corrected chi connectivity index (χ3v) is 0.401. The topological polar surface area (TPSA) is 0 Å². The molecule has 0 heterocycles. The van der Waals surface area contributed by atoms with Crippen molar-refractivity contribution in [3.05, 3.63) is 0 Å². The predicted octanol–water partition coefficient (Wildman–Crippen LogP) is 4.50. The molecule has 0 unspecified atom stereocenters. The number of rotatable bonds is 0. The summed E-state index contributed by atoms with van der Waals surface area (Å²) in [5.74, 6) is 0. The standard InChI is InChI=1S/C3H5F3.4CH4/c1-2-3(4,5)6;;;;/h2H2,1H3;4*1H4. The van der Waals surface area contributed by atoms with E-state index in [1.165, 1.54) is 0 Å². The van der Waals surface area contributed by atoms with Crippen molar-refractivity contribution in [1.82, 2.24) is 0 Å². The summed E-state index contributed by atoms with van der Waals surface area (Å²) in [6.45, 7) is 1.08. The van der Waals surface area contributed by atoms with Crippen LogP contribution in [0.2, 0.25) is 0 Å². The first kappa shape index (κ1) is 33.0. The van der Waals surface area contributed by atoms with E-state index in [-0.39, 0.29) is 29.7 Å². The molecular weight excluding hydrogens is 141 g/mol. The molecule has 0 saturated carbocycles. The summed E-state index contributed by atoms with van der Waals surface area (Å²) in [5, 5.41) is 0. The lowest BCUT2D eigenvalue weighted by atomic mass is 10.5. The average Bonchev–Trinajstić information content (AvgIpc) is 1.35. The number of hydrogen-bond acceptors (Lipinski definition) is 0. The van der Waals surface area contributed by atoms with E-state index in [2.05, 4.69) is 0 Å². The molecule has 0 rings (SSSR count). The molecule has 0 N–H and O–H groups in total. The Morgan fingerprint density at radius 3 is 1.00 bits per heavy atom. The summed E-state index contributed by atoms with van der Waals surface area (Å²) in [6.07, 6.45) is -4.69. The smallest absolute Gasteiger partial charge is 0.171 e. The lowest BCUT2D eigenvalue weighted by Gasteiger charge is -1.96. The maximum atomic E-state index is 10.8. The van der Waals surface area contributed by atoms with Crippen LogP contribution in [-0.4, -0.2) is 6.18 Å². The van der Waals surface area contributed by atoms with Crippen molar-refractivity contribution < 1.29 is 13.2 Å². The van der Waals surface area contributed by atoms with Crippen LogP contribution in [0.3, 0.4) is 0 Å². The van der Waals surface area contributed by atoms with Gasteiger partial charge in [0.05, 0.1) is 0 Å². The molecule has 70 valence electrons. The zero-order valence-electron chi connectivity index (χ0n) is 3.34. The van der Waals surface area contributed by atoms with Gasteiger partial charge in [-0.3, -0.25) is 0 Å². The average molecular weight is 162 g/mol. The van der Waals surface area contributed by atoms with E-state index in [0.29, 0.717) is 0 Å². The van der Waals surface area contributed by atoms with E-state index in [9.17, 15) is 13.2 Å². The van der Waals surface area contributed by atoms with Gasteiger partial charge in [0.2, 0.25) is 0 Å². The Labute approximate surface area is 63.4 Å². The number of halogens is 3. The second-order valence-corrected chi connectivity index (χ2v) is 0.969. The van der Waals surface area contributed by atoms with Gasteiger partial charge >= 0.3 is 6.18 Å². The van der Waals surface area contributed by atoms with Gasteiger partial charge in [-0.2, -0.15) is 13.2 Å². The highest BCUT2D eigenvalue weighted by atomic mass is 19.4. The summed E-state index contributed by atoms with van der Waals surface area (Å²) in [6, 6.07) is 0. The fraction of sp³-hybridized carbons (Fsp3) is 1.00. The van der Waals surface area contributed by atoms with Crippen molar-refractivity contribution in [3.63, 3.8) is 0 Å². The van der Waals surface area contributed by atoms with E-state index in [4.69, 9.17) is 0 Å². The molecule has 0 amide bonds. The summed E-state index contributed by atoms with van der Waals surface area (Å²) in [7, 11) is 0. The summed E-state index contributed by atoms with van der Waals surface area (Å²) < 4.78 is 32.4. The molecule has 0 saturated heterocycles. The van der Waals surface area contributed by atoms with Crippen LogP contribution >= 0.6 is 0 Å². The van der Waals surface area contributed by atoms with E-state index in [0.717, 1.165) is 6.92 Å². The van der Waals surface area contributed by atoms with Gasteiger partial charge in [0.15, 0.2) is 0 Å². The van der Waals surface area contributed by atoms with Crippen LogP contribution in [0.5, 0.6) is 0 Å². The Balaban J connectivity index is -0.0000000208. The monoisotopic (exact) mass is 162 g/mol. The van der Waals surface area contributed by atoms with E-state index in [1.54, 1.807) is 0 Å². The third-order valence-electron chi connectivity index (χ3n) is 0.401. The van der Waals surface area contributed by atoms with Crippen molar-refractivity contribution in [2.45, 2.75) is 49.2 Å². The third kappa shape index (κ3) is 46.1. The van der Waals surface area contributed by atoms with Gasteiger partial charge in [-0.05, 0) is 0 Å². The molecule has 3 heteroatoms. The summed E-state index contributed by atoms with van der Waals surface area (Å²) in [5.41, 5.74) is 0. The molecule has 0 aromatic rings. The van der Waals surface area contributed by atoms with Gasteiger partial charge in [0, 0.05) is 6.42 Å². The lowest BCUT2D eigenvalue weighted by molar-refractivity contribution is -0.130. The molecule has 0 aliphatic heterocycles. The molecule has 0 aromatic carbocycles. The first-order valence-electron chi connectivity index (χ1n) is 1.63. The summed E-state index contributed by atoms with van der Waals surface area (Å²) in [4.78, 5) is 0. The minimum atomic E-state index is -3.96. The Bertz CT molecular complexity index is 38.6. The van der Waals surface area contributed by atoms with Crippen LogP contribution in [0.15, 0.2) is 0 Å². The zero-order chi connectivity index (χ0) is 5.21. The summed E-state index contributed by atoms with van der Waals surface area (Å²) >= 11 is 0. The van der Waals surface area contributed by atoms with Gasteiger partial charge in [0.1, 0.15) is 0 Å². The SMILES string of the molecule is C.C.C.C.CCC(F)(F)F. The van der Waals surface area contributed by atoms with Gasteiger partial charge < -0.3 is 0 Å². The zero-order valence-corrected chi connectivity index (χ0v) is 3.34. The first-order valence-corrected chi connectivity index (χ1v) is 1.63. The molecule has 0 aromatic heterocycles. The van der Waals surface area contributed by atoms with E-state index in [1.807, 2.05) is 0 Å². The molecule has 0 fully saturated rings. The molecule has 0 aliphatic rings. The van der Waals surface area contributed by atoms with Crippen molar-refractivity contribution in [2.75, 3.05) is 0 Å². The maximum absolute atomic E-state index is 10.8. The Hall–Kier alpha value is -0.210. The van der Waals surface area contributed by atoms with Crippen LogP contribution < -0.4 is 0 Å². The highest BCUT2D eigenvalue weighted by molar-refractivity contribution is 4.39. The number of hydrogen-bond donors (Lipinski definition) is 0. The van der Waals surface area contributed by atoms with Crippen LogP contribution in [-0.2, 0) is 0 Å². The van der Waals surface area contributed by atoms with Crippen LogP contribution in [0, 0.1) is 0 Å². The Morgan fingerprint density at radius 1 is 0.900 bits per heavy atom. The molecule has 10 heavy (non-hydrogen) atoms. The molecule has 0 atom stereocenters. The van der Waals surface area contributed by atoms with Crippen LogP contribution in [0.25, 0.3) is 0 Å². The van der Waals surface area contributed by atoms with Crippen molar-refractivity contribution in [2.24, 2.45) is 0 Å². The van der Waals surface area contributed by atoms with Crippen LogP contribution in [0.1, 0.15) is 43.1 Å². The minimum absolute atomic E-state index is 0. The molecular formula is C7H21F3. The fourth-order valence-corrected chi connectivity index (χ4v) is 0. The highest BCUT2D eigenvalue weighted by Gasteiger charge is 2.22. The largest absolute Gasteiger partial charge is 0.388 e. The normalized spacial score (nSPS) is 7.20. The molecule has 0 nitrogen and oxygen atoms in total. The van der Waals surface area contributed by atoms with Gasteiger partial charge in [-0.1, -0.05) is 36.6 Å². The first-order chi connectivity index (χ1) is 2.56. The van der Waals surface area contributed by atoms with E-state index < -0.39 is 12.6 Å². The van der Waals surface area contributed by atoms with Crippen LogP contribution in [0.4, 0.5) is 13.2 Å². The van der Waals surface area contributed by atoms with Crippen molar-refractivity contribution in [3.8, 4) is 0 Å². The second-order valence-electron chi connectivity index (χ2n) is 0.969. The fourth-order valence-electron chi connectivity index (χ4n) is 0. The highest BCUT2D eigenvalue weighted by Crippen LogP contribution is 2.17. The number of alkyl halides is 3. The lowest BCUT2D eigenvalue weighted by Crippen LogP contribution is -2.02. The Morgan fingerprint density at radius 2 is 1.00 bits per heavy atom. The molecule has 0 spiro atoms. The minimum Gasteiger partial charge on any atom is -0.171 e. The van der Waals surface area contributed by atoms with Gasteiger partial charge in [0.25, 0.3) is 0 Å². The van der Waals surface area contributed by atoms with E-state index >= 15 is 0 Å². The molecule has 0 bridgehead atoms. The molecule has 0 aliphatic carbocycles.